The normalized spacial score (nSPS) is 22.5. The number of nitrogens with one attached hydrogen (secondary N) is 1. The maximum Gasteiger partial charge on any atom is 0.143 e. The lowest BCUT2D eigenvalue weighted by molar-refractivity contribution is -0.122. The molecule has 0 spiro atoms. The molecule has 0 bridgehead atoms. The molecule has 0 aliphatic carbocycles. The van der Waals surface area contributed by atoms with Gasteiger partial charge in [-0.2, -0.15) is 0 Å². The molecule has 4 nitrogen and oxygen atoms in total. The van der Waals surface area contributed by atoms with E-state index in [1.807, 2.05) is 13.8 Å². The highest BCUT2D eigenvalue weighted by atomic mass is 16.5. The summed E-state index contributed by atoms with van der Waals surface area (Å²) in [6.07, 6.45) is 3.12. The van der Waals surface area contributed by atoms with E-state index < -0.39 is 0 Å². The number of aromatic nitrogens is 1. The molecule has 1 aliphatic heterocycles. The largest absolute Gasteiger partial charge is 0.496 e. The number of rotatable bonds is 4. The maximum absolute atomic E-state index is 12.3. The lowest BCUT2D eigenvalue weighted by atomic mass is 9.92. The Bertz CT molecular complexity index is 485. The summed E-state index contributed by atoms with van der Waals surface area (Å²) >= 11 is 0. The van der Waals surface area contributed by atoms with Gasteiger partial charge >= 0.3 is 0 Å². The molecule has 0 radical (unpaired) electrons. The summed E-state index contributed by atoms with van der Waals surface area (Å²) in [6.45, 7) is 6.94. The van der Waals surface area contributed by atoms with Gasteiger partial charge in [-0.25, -0.2) is 0 Å². The SMILES string of the molecule is COc1c(C)cnc(CC(=O)C2CCNC2C)c1C. The number of pyridine rings is 1. The van der Waals surface area contributed by atoms with Gasteiger partial charge in [-0.15, -0.1) is 0 Å². The summed E-state index contributed by atoms with van der Waals surface area (Å²) in [7, 11) is 1.66. The fraction of sp³-hybridized carbons (Fsp3) is 0.600. The van der Waals surface area contributed by atoms with Crippen LogP contribution in [0.2, 0.25) is 0 Å². The number of carbonyl (C=O) groups excluding carboxylic acids is 1. The van der Waals surface area contributed by atoms with Crippen molar-refractivity contribution in [2.45, 2.75) is 39.7 Å². The first-order valence-electron chi connectivity index (χ1n) is 6.79. The first kappa shape index (κ1) is 14.0. The van der Waals surface area contributed by atoms with Crippen molar-refractivity contribution in [3.8, 4) is 5.75 Å². The van der Waals surface area contributed by atoms with Crippen LogP contribution in [0.5, 0.6) is 5.75 Å². The molecule has 0 amide bonds. The third-order valence-corrected chi connectivity index (χ3v) is 4.03. The van der Waals surface area contributed by atoms with Crippen LogP contribution in [0, 0.1) is 19.8 Å². The highest BCUT2D eigenvalue weighted by molar-refractivity contribution is 5.84. The molecule has 1 aliphatic rings. The van der Waals surface area contributed by atoms with Gasteiger partial charge in [0.2, 0.25) is 0 Å². The van der Waals surface area contributed by atoms with Crippen molar-refractivity contribution in [2.24, 2.45) is 5.92 Å². The molecule has 1 aromatic heterocycles. The second kappa shape index (κ2) is 5.70. The second-order valence-electron chi connectivity index (χ2n) is 5.33. The summed E-state index contributed by atoms with van der Waals surface area (Å²) in [5.41, 5.74) is 2.83. The lowest BCUT2D eigenvalue weighted by Gasteiger charge is -2.16. The highest BCUT2D eigenvalue weighted by Crippen LogP contribution is 2.26. The summed E-state index contributed by atoms with van der Waals surface area (Å²) in [4.78, 5) is 16.7. The molecule has 2 unspecified atom stereocenters. The van der Waals surface area contributed by atoms with Crippen LogP contribution in [0.15, 0.2) is 6.20 Å². The molecule has 1 saturated heterocycles. The molecule has 19 heavy (non-hydrogen) atoms. The maximum atomic E-state index is 12.3. The van der Waals surface area contributed by atoms with Crippen LogP contribution in [-0.4, -0.2) is 30.5 Å². The molecule has 2 heterocycles. The van der Waals surface area contributed by atoms with Gasteiger partial charge in [0, 0.05) is 35.7 Å². The first-order valence-corrected chi connectivity index (χ1v) is 6.79. The summed E-state index contributed by atoms with van der Waals surface area (Å²) in [5, 5.41) is 3.32. The zero-order chi connectivity index (χ0) is 14.0. The first-order chi connectivity index (χ1) is 9.04. The average molecular weight is 262 g/mol. The topological polar surface area (TPSA) is 51.2 Å². The van der Waals surface area contributed by atoms with E-state index in [9.17, 15) is 4.79 Å². The van der Waals surface area contributed by atoms with Crippen molar-refractivity contribution >= 4 is 5.78 Å². The number of hydrogen-bond donors (Lipinski definition) is 1. The molecule has 2 atom stereocenters. The van der Waals surface area contributed by atoms with Crippen LogP contribution in [0.1, 0.15) is 30.2 Å². The van der Waals surface area contributed by atoms with E-state index in [-0.39, 0.29) is 17.7 Å². The Labute approximate surface area is 114 Å². The Balaban J connectivity index is 2.17. The standard InChI is InChI=1S/C15H22N2O2/c1-9-8-17-13(10(2)15(9)19-4)7-14(18)12-5-6-16-11(12)3/h8,11-12,16H,5-7H2,1-4H3. The smallest absolute Gasteiger partial charge is 0.143 e. The fourth-order valence-electron chi connectivity index (χ4n) is 2.84. The number of ether oxygens (including phenoxy) is 1. The molecule has 0 aromatic carbocycles. The number of carbonyl (C=O) groups is 1. The summed E-state index contributed by atoms with van der Waals surface area (Å²) in [6, 6.07) is 0.278. The Morgan fingerprint density at radius 2 is 2.26 bits per heavy atom. The van der Waals surface area contributed by atoms with Gasteiger partial charge < -0.3 is 10.1 Å². The molecule has 1 fully saturated rings. The minimum Gasteiger partial charge on any atom is -0.496 e. The third-order valence-electron chi connectivity index (χ3n) is 4.03. The van der Waals surface area contributed by atoms with Crippen molar-refractivity contribution in [3.05, 3.63) is 23.0 Å². The van der Waals surface area contributed by atoms with Crippen LogP contribution in [0.25, 0.3) is 0 Å². The van der Waals surface area contributed by atoms with E-state index in [2.05, 4.69) is 17.2 Å². The predicted octanol–water partition coefficient (Wildman–Crippen LogP) is 1.82. The molecular weight excluding hydrogens is 240 g/mol. The van der Waals surface area contributed by atoms with E-state index in [1.54, 1.807) is 13.3 Å². The number of aryl methyl sites for hydroxylation is 1. The second-order valence-corrected chi connectivity index (χ2v) is 5.33. The minimum absolute atomic E-state index is 0.119. The van der Waals surface area contributed by atoms with Gasteiger partial charge in [0.1, 0.15) is 11.5 Å². The van der Waals surface area contributed by atoms with Crippen molar-refractivity contribution in [3.63, 3.8) is 0 Å². The molecule has 1 aromatic rings. The van der Waals surface area contributed by atoms with Gasteiger partial charge in [0.25, 0.3) is 0 Å². The minimum atomic E-state index is 0.119. The zero-order valence-corrected chi connectivity index (χ0v) is 12.1. The van der Waals surface area contributed by atoms with E-state index in [4.69, 9.17) is 4.74 Å². The predicted molar refractivity (Wildman–Crippen MR) is 74.5 cm³/mol. The lowest BCUT2D eigenvalue weighted by Crippen LogP contribution is -2.29. The van der Waals surface area contributed by atoms with Gasteiger partial charge in [-0.3, -0.25) is 9.78 Å². The zero-order valence-electron chi connectivity index (χ0n) is 12.1. The number of Topliss-reactive ketones (excluding diaryl/α,β-unsaturated/α-hetero) is 1. The number of methoxy groups -OCH3 is 1. The molecule has 1 N–H and O–H groups in total. The highest BCUT2D eigenvalue weighted by Gasteiger charge is 2.29. The van der Waals surface area contributed by atoms with Crippen LogP contribution >= 0.6 is 0 Å². The summed E-state index contributed by atoms with van der Waals surface area (Å²) in [5.74, 6) is 1.24. The van der Waals surface area contributed by atoms with Crippen molar-refractivity contribution in [1.82, 2.24) is 10.3 Å². The Morgan fingerprint density at radius 3 is 2.84 bits per heavy atom. The van der Waals surface area contributed by atoms with Gasteiger partial charge in [-0.1, -0.05) is 0 Å². The van der Waals surface area contributed by atoms with Crippen LogP contribution in [-0.2, 0) is 11.2 Å². The summed E-state index contributed by atoms with van der Waals surface area (Å²) < 4.78 is 5.38. The number of nitrogens with zero attached hydrogens (tertiary/aromatic N) is 1. The van der Waals surface area contributed by atoms with Crippen molar-refractivity contribution in [1.29, 1.82) is 0 Å². The average Bonchev–Trinajstić information content (AvgIpc) is 2.80. The molecule has 104 valence electrons. The number of hydrogen-bond acceptors (Lipinski definition) is 4. The van der Waals surface area contributed by atoms with Gasteiger partial charge in [0.05, 0.1) is 12.8 Å². The molecule has 0 saturated carbocycles. The van der Waals surface area contributed by atoms with Crippen LogP contribution in [0.4, 0.5) is 0 Å². The third kappa shape index (κ3) is 2.78. The van der Waals surface area contributed by atoms with E-state index in [0.29, 0.717) is 6.42 Å². The van der Waals surface area contributed by atoms with E-state index in [0.717, 1.165) is 35.5 Å². The van der Waals surface area contributed by atoms with Crippen LogP contribution < -0.4 is 10.1 Å². The Kier molecular flexibility index (Phi) is 4.20. The van der Waals surface area contributed by atoms with Crippen molar-refractivity contribution < 1.29 is 9.53 Å². The molecule has 4 heteroatoms. The van der Waals surface area contributed by atoms with Crippen molar-refractivity contribution in [2.75, 3.05) is 13.7 Å². The Morgan fingerprint density at radius 1 is 1.53 bits per heavy atom. The fourth-order valence-corrected chi connectivity index (χ4v) is 2.84. The van der Waals surface area contributed by atoms with E-state index in [1.165, 1.54) is 0 Å². The Hall–Kier alpha value is -1.42. The molecular formula is C15H22N2O2. The van der Waals surface area contributed by atoms with Gasteiger partial charge in [0.15, 0.2) is 0 Å². The quantitative estimate of drug-likeness (QED) is 0.899. The van der Waals surface area contributed by atoms with Crippen LogP contribution in [0.3, 0.4) is 0 Å². The van der Waals surface area contributed by atoms with E-state index >= 15 is 0 Å². The monoisotopic (exact) mass is 262 g/mol. The molecule has 2 rings (SSSR count). The number of ketones is 1. The van der Waals surface area contributed by atoms with Gasteiger partial charge in [-0.05, 0) is 33.7 Å².